The number of rotatable bonds is 3. The summed E-state index contributed by atoms with van der Waals surface area (Å²) < 4.78 is 0. The van der Waals surface area contributed by atoms with Crippen molar-refractivity contribution in [1.29, 1.82) is 0 Å². The highest BCUT2D eigenvalue weighted by Crippen LogP contribution is 2.21. The zero-order chi connectivity index (χ0) is 13.9. The molecule has 3 rings (SSSR count). The summed E-state index contributed by atoms with van der Waals surface area (Å²) in [6.07, 6.45) is 0. The lowest BCUT2D eigenvalue weighted by Crippen LogP contribution is -2.31. The van der Waals surface area contributed by atoms with Crippen molar-refractivity contribution < 1.29 is 4.79 Å². The van der Waals surface area contributed by atoms with E-state index >= 15 is 0 Å². The molecule has 0 atom stereocenters. The van der Waals surface area contributed by atoms with Crippen LogP contribution >= 0.6 is 0 Å². The van der Waals surface area contributed by atoms with Gasteiger partial charge < -0.3 is 4.90 Å². The van der Waals surface area contributed by atoms with E-state index in [0.29, 0.717) is 6.54 Å². The lowest BCUT2D eigenvalue weighted by Gasteiger charge is -2.19. The Kier molecular flexibility index (Phi) is 3.42. The van der Waals surface area contributed by atoms with Gasteiger partial charge >= 0.3 is 6.03 Å². The predicted molar refractivity (Wildman–Crippen MR) is 80.8 cm³/mol. The second kappa shape index (κ2) is 5.37. The first-order valence-corrected chi connectivity index (χ1v) is 6.92. The van der Waals surface area contributed by atoms with Crippen LogP contribution in [0.1, 0.15) is 11.1 Å². The molecule has 0 unspecified atom stereocenters. The lowest BCUT2D eigenvalue weighted by atomic mass is 10.1. The molecule has 0 aromatic heterocycles. The molecule has 1 aliphatic heterocycles. The summed E-state index contributed by atoms with van der Waals surface area (Å²) in [5.74, 6) is 0. The second-order valence-corrected chi connectivity index (χ2v) is 5.12. The van der Waals surface area contributed by atoms with Gasteiger partial charge in [-0.1, -0.05) is 42.5 Å². The minimum absolute atomic E-state index is 0.0967. The SMILES string of the molecule is Cc1ccccc1CN1CCN(c2ccccc2)C1=O. The van der Waals surface area contributed by atoms with Gasteiger partial charge in [0.05, 0.1) is 0 Å². The van der Waals surface area contributed by atoms with Crippen molar-refractivity contribution in [3.05, 3.63) is 65.7 Å². The van der Waals surface area contributed by atoms with Gasteiger partial charge in [0.25, 0.3) is 0 Å². The van der Waals surface area contributed by atoms with Crippen LogP contribution in [0.3, 0.4) is 0 Å². The molecule has 0 saturated carbocycles. The minimum Gasteiger partial charge on any atom is -0.318 e. The van der Waals surface area contributed by atoms with Crippen molar-refractivity contribution in [1.82, 2.24) is 4.90 Å². The van der Waals surface area contributed by atoms with Crippen LogP contribution < -0.4 is 4.90 Å². The maximum Gasteiger partial charge on any atom is 0.324 e. The van der Waals surface area contributed by atoms with Gasteiger partial charge in [0.1, 0.15) is 0 Å². The number of urea groups is 1. The molecule has 1 fully saturated rings. The summed E-state index contributed by atoms with van der Waals surface area (Å²) in [4.78, 5) is 16.2. The number of para-hydroxylation sites is 1. The highest BCUT2D eigenvalue weighted by molar-refractivity contribution is 5.94. The Bertz CT molecular complexity index is 609. The summed E-state index contributed by atoms with van der Waals surface area (Å²) in [5.41, 5.74) is 3.43. The Hall–Kier alpha value is -2.29. The highest BCUT2D eigenvalue weighted by atomic mass is 16.2. The molecule has 3 heteroatoms. The maximum atomic E-state index is 12.5. The fourth-order valence-electron chi connectivity index (χ4n) is 2.57. The number of hydrogen-bond acceptors (Lipinski definition) is 1. The maximum absolute atomic E-state index is 12.5. The number of aryl methyl sites for hydroxylation is 1. The average Bonchev–Trinajstić information content (AvgIpc) is 2.84. The molecule has 1 heterocycles. The number of nitrogens with zero attached hydrogens (tertiary/aromatic N) is 2. The Morgan fingerprint density at radius 1 is 0.950 bits per heavy atom. The molecule has 2 aromatic rings. The van der Waals surface area contributed by atoms with Gasteiger partial charge in [0.15, 0.2) is 0 Å². The van der Waals surface area contributed by atoms with Crippen LogP contribution in [0.15, 0.2) is 54.6 Å². The third-order valence-corrected chi connectivity index (χ3v) is 3.79. The van der Waals surface area contributed by atoms with Crippen molar-refractivity contribution in [2.75, 3.05) is 18.0 Å². The first-order valence-electron chi connectivity index (χ1n) is 6.92. The van der Waals surface area contributed by atoms with Crippen LogP contribution in [0, 0.1) is 6.92 Å². The molecule has 20 heavy (non-hydrogen) atoms. The van der Waals surface area contributed by atoms with Gasteiger partial charge in [0.2, 0.25) is 0 Å². The Morgan fingerprint density at radius 3 is 2.40 bits per heavy atom. The van der Waals surface area contributed by atoms with E-state index in [0.717, 1.165) is 18.8 Å². The molecule has 1 aliphatic rings. The quantitative estimate of drug-likeness (QED) is 0.834. The lowest BCUT2D eigenvalue weighted by molar-refractivity contribution is 0.218. The smallest absolute Gasteiger partial charge is 0.318 e. The topological polar surface area (TPSA) is 23.6 Å². The van der Waals surface area contributed by atoms with Crippen LogP contribution in [0.25, 0.3) is 0 Å². The van der Waals surface area contributed by atoms with E-state index in [4.69, 9.17) is 0 Å². The molecule has 2 aromatic carbocycles. The Morgan fingerprint density at radius 2 is 1.65 bits per heavy atom. The van der Waals surface area contributed by atoms with Crippen molar-refractivity contribution in [3.8, 4) is 0 Å². The summed E-state index contributed by atoms with van der Waals surface area (Å²) in [7, 11) is 0. The zero-order valence-electron chi connectivity index (χ0n) is 11.6. The molecule has 2 amide bonds. The van der Waals surface area contributed by atoms with Crippen LogP contribution in [-0.2, 0) is 6.54 Å². The number of carbonyl (C=O) groups excluding carboxylic acids is 1. The van der Waals surface area contributed by atoms with Crippen molar-refractivity contribution in [2.45, 2.75) is 13.5 Å². The van der Waals surface area contributed by atoms with Crippen LogP contribution in [0.2, 0.25) is 0 Å². The monoisotopic (exact) mass is 266 g/mol. The van der Waals surface area contributed by atoms with Crippen LogP contribution in [0.4, 0.5) is 10.5 Å². The molecule has 0 radical (unpaired) electrons. The van der Waals surface area contributed by atoms with E-state index in [1.807, 2.05) is 52.3 Å². The minimum atomic E-state index is 0.0967. The molecule has 1 saturated heterocycles. The average molecular weight is 266 g/mol. The zero-order valence-corrected chi connectivity index (χ0v) is 11.6. The summed E-state index contributed by atoms with van der Waals surface area (Å²) in [5, 5.41) is 0. The number of carbonyl (C=O) groups is 1. The molecule has 0 N–H and O–H groups in total. The van der Waals surface area contributed by atoms with E-state index < -0.39 is 0 Å². The van der Waals surface area contributed by atoms with Crippen molar-refractivity contribution in [3.63, 3.8) is 0 Å². The summed E-state index contributed by atoms with van der Waals surface area (Å²) in [6.45, 7) is 4.32. The molecular weight excluding hydrogens is 248 g/mol. The van der Waals surface area contributed by atoms with Gasteiger partial charge in [-0.3, -0.25) is 4.90 Å². The molecule has 0 spiro atoms. The molecular formula is C17H18N2O. The van der Waals surface area contributed by atoms with Gasteiger partial charge in [-0.2, -0.15) is 0 Å². The van der Waals surface area contributed by atoms with Crippen LogP contribution in [0.5, 0.6) is 0 Å². The fraction of sp³-hybridized carbons (Fsp3) is 0.235. The number of amides is 2. The van der Waals surface area contributed by atoms with Crippen LogP contribution in [-0.4, -0.2) is 24.0 Å². The first-order chi connectivity index (χ1) is 9.75. The predicted octanol–water partition coefficient (Wildman–Crippen LogP) is 3.44. The number of anilines is 1. The standard InChI is InChI=1S/C17H18N2O/c1-14-7-5-6-8-15(14)13-18-11-12-19(17(18)20)16-9-3-2-4-10-16/h2-10H,11-13H2,1H3. The summed E-state index contributed by atoms with van der Waals surface area (Å²) >= 11 is 0. The molecule has 0 aliphatic carbocycles. The normalized spacial score (nSPS) is 14.9. The van der Waals surface area contributed by atoms with Gasteiger partial charge in [-0.15, -0.1) is 0 Å². The van der Waals surface area contributed by atoms with E-state index in [-0.39, 0.29) is 6.03 Å². The van der Waals surface area contributed by atoms with E-state index in [1.54, 1.807) is 0 Å². The number of benzene rings is 2. The van der Waals surface area contributed by atoms with E-state index in [1.165, 1.54) is 11.1 Å². The van der Waals surface area contributed by atoms with E-state index in [9.17, 15) is 4.79 Å². The van der Waals surface area contributed by atoms with Crippen molar-refractivity contribution >= 4 is 11.7 Å². The third-order valence-electron chi connectivity index (χ3n) is 3.79. The van der Waals surface area contributed by atoms with Gasteiger partial charge in [-0.25, -0.2) is 4.79 Å². The fourth-order valence-corrected chi connectivity index (χ4v) is 2.57. The Balaban J connectivity index is 1.75. The van der Waals surface area contributed by atoms with Gasteiger partial charge in [0, 0.05) is 25.3 Å². The van der Waals surface area contributed by atoms with Gasteiger partial charge in [-0.05, 0) is 30.2 Å². The Labute approximate surface area is 119 Å². The summed E-state index contributed by atoms with van der Waals surface area (Å²) in [6, 6.07) is 18.2. The first kappa shape index (κ1) is 12.7. The molecule has 102 valence electrons. The van der Waals surface area contributed by atoms with Crippen molar-refractivity contribution in [2.24, 2.45) is 0 Å². The molecule has 0 bridgehead atoms. The second-order valence-electron chi connectivity index (χ2n) is 5.12. The highest BCUT2D eigenvalue weighted by Gasteiger charge is 2.29. The molecule has 3 nitrogen and oxygen atoms in total. The van der Waals surface area contributed by atoms with E-state index in [2.05, 4.69) is 19.1 Å². The third kappa shape index (κ3) is 2.39. The largest absolute Gasteiger partial charge is 0.324 e. The number of hydrogen-bond donors (Lipinski definition) is 0.